The number of nitro benzene ring substituents is 1. The zero-order chi connectivity index (χ0) is 20.0. The first-order chi connectivity index (χ1) is 13.4. The quantitative estimate of drug-likeness (QED) is 0.378. The van der Waals surface area contributed by atoms with Crippen molar-refractivity contribution in [3.63, 3.8) is 0 Å². The monoisotopic (exact) mass is 398 g/mol. The third kappa shape index (κ3) is 2.97. The van der Waals surface area contributed by atoms with E-state index in [4.69, 9.17) is 4.74 Å². The number of hydrogen-bond acceptors (Lipinski definition) is 8. The highest BCUT2D eigenvalue weighted by molar-refractivity contribution is 7.20. The van der Waals surface area contributed by atoms with Crippen LogP contribution in [0.15, 0.2) is 18.2 Å². The van der Waals surface area contributed by atoms with Crippen LogP contribution in [-0.2, 0) is 17.7 Å². The number of nitro groups is 1. The van der Waals surface area contributed by atoms with Gasteiger partial charge in [-0.05, 0) is 37.0 Å². The summed E-state index contributed by atoms with van der Waals surface area (Å²) in [5.74, 6) is 0.984. The molecule has 3 aromatic rings. The van der Waals surface area contributed by atoms with E-state index < -0.39 is 0 Å². The van der Waals surface area contributed by atoms with Gasteiger partial charge in [-0.25, -0.2) is 14.8 Å². The lowest BCUT2D eigenvalue weighted by molar-refractivity contribution is -0.384. The summed E-state index contributed by atoms with van der Waals surface area (Å²) >= 11 is 1.30. The minimum atomic E-state index is -0.385. The van der Waals surface area contributed by atoms with Crippen LogP contribution in [0.2, 0.25) is 0 Å². The fourth-order valence-electron chi connectivity index (χ4n) is 3.58. The fourth-order valence-corrected chi connectivity index (χ4v) is 4.71. The normalized spacial score (nSPS) is 13.5. The van der Waals surface area contributed by atoms with E-state index in [0.717, 1.165) is 45.7 Å². The molecule has 0 N–H and O–H groups in total. The highest BCUT2D eigenvalue weighted by Gasteiger charge is 2.26. The summed E-state index contributed by atoms with van der Waals surface area (Å²) < 4.78 is 4.89. The summed E-state index contributed by atoms with van der Waals surface area (Å²) in [6.07, 6.45) is 0.769. The van der Waals surface area contributed by atoms with Gasteiger partial charge in [0, 0.05) is 25.2 Å². The van der Waals surface area contributed by atoms with Crippen LogP contribution in [0.1, 0.15) is 32.2 Å². The van der Waals surface area contributed by atoms with Crippen LogP contribution < -0.4 is 4.90 Å². The third-order valence-electron chi connectivity index (χ3n) is 4.97. The molecule has 0 spiro atoms. The largest absolute Gasteiger partial charge is 0.465 e. The number of fused-ring (bicyclic) bond motifs is 2. The van der Waals surface area contributed by atoms with Gasteiger partial charge in [-0.15, -0.1) is 11.3 Å². The first-order valence-electron chi connectivity index (χ1n) is 8.76. The molecule has 0 radical (unpaired) electrons. The van der Waals surface area contributed by atoms with Crippen molar-refractivity contribution in [3.05, 3.63) is 55.7 Å². The molecule has 0 atom stereocenters. The average molecular weight is 398 g/mol. The van der Waals surface area contributed by atoms with E-state index in [1.165, 1.54) is 18.4 Å². The number of ether oxygens (including phenoxy) is 1. The van der Waals surface area contributed by atoms with Gasteiger partial charge >= 0.3 is 5.97 Å². The van der Waals surface area contributed by atoms with Crippen LogP contribution >= 0.6 is 11.3 Å². The molecule has 0 amide bonds. The summed E-state index contributed by atoms with van der Waals surface area (Å²) in [4.78, 5) is 35.4. The summed E-state index contributed by atoms with van der Waals surface area (Å²) in [7, 11) is 1.36. The Hall–Kier alpha value is -3.07. The number of nitrogens with zero attached hydrogens (tertiary/aromatic N) is 4. The minimum absolute atomic E-state index is 0.0873. The zero-order valence-electron chi connectivity index (χ0n) is 15.7. The van der Waals surface area contributed by atoms with Crippen molar-refractivity contribution in [3.8, 4) is 0 Å². The van der Waals surface area contributed by atoms with E-state index in [1.54, 1.807) is 12.1 Å². The van der Waals surface area contributed by atoms with Gasteiger partial charge in [0.15, 0.2) is 0 Å². The van der Waals surface area contributed by atoms with Gasteiger partial charge in [0.05, 0.1) is 17.4 Å². The molecule has 2 aromatic heterocycles. The Balaban J connectivity index is 1.81. The minimum Gasteiger partial charge on any atom is -0.465 e. The van der Waals surface area contributed by atoms with E-state index in [9.17, 15) is 14.9 Å². The van der Waals surface area contributed by atoms with Crippen LogP contribution in [0.3, 0.4) is 0 Å². The Kier molecular flexibility index (Phi) is 4.46. The van der Waals surface area contributed by atoms with Crippen LogP contribution in [0.5, 0.6) is 0 Å². The van der Waals surface area contributed by atoms with Gasteiger partial charge in [0.1, 0.15) is 21.3 Å². The molecule has 1 aliphatic rings. The van der Waals surface area contributed by atoms with Gasteiger partial charge in [-0.3, -0.25) is 10.1 Å². The lowest BCUT2D eigenvalue weighted by atomic mass is 9.98. The van der Waals surface area contributed by atoms with Crippen LogP contribution in [-0.4, -0.2) is 34.5 Å². The molecule has 0 unspecified atom stereocenters. The number of carbonyl (C=O) groups is 1. The van der Waals surface area contributed by atoms with Gasteiger partial charge in [-0.2, -0.15) is 0 Å². The number of thiophene rings is 1. The van der Waals surface area contributed by atoms with E-state index >= 15 is 0 Å². The summed E-state index contributed by atoms with van der Waals surface area (Å²) in [6.45, 7) is 4.94. The van der Waals surface area contributed by atoms with Crippen molar-refractivity contribution in [2.45, 2.75) is 26.8 Å². The molecule has 0 saturated heterocycles. The maximum absolute atomic E-state index is 12.1. The Labute approximate surface area is 164 Å². The second-order valence-electron chi connectivity index (χ2n) is 6.70. The molecular formula is C19H18N4O4S. The number of non-ortho nitro benzene ring substituents is 1. The maximum atomic E-state index is 12.1. The lowest BCUT2D eigenvalue weighted by Gasteiger charge is -2.30. The molecule has 1 aliphatic heterocycles. The topological polar surface area (TPSA) is 98.5 Å². The predicted octanol–water partition coefficient (Wildman–Crippen LogP) is 3.57. The van der Waals surface area contributed by atoms with E-state index in [1.807, 2.05) is 19.9 Å². The maximum Gasteiger partial charge on any atom is 0.348 e. The van der Waals surface area contributed by atoms with Gasteiger partial charge in [-0.1, -0.05) is 6.07 Å². The average Bonchev–Trinajstić information content (AvgIpc) is 3.02. The smallest absolute Gasteiger partial charge is 0.348 e. The Morgan fingerprint density at radius 1 is 1.29 bits per heavy atom. The number of benzene rings is 1. The lowest BCUT2D eigenvalue weighted by Crippen LogP contribution is -2.31. The molecule has 28 heavy (non-hydrogen) atoms. The molecule has 0 aliphatic carbocycles. The van der Waals surface area contributed by atoms with Gasteiger partial charge in [0.25, 0.3) is 5.69 Å². The third-order valence-corrected chi connectivity index (χ3v) is 6.13. The molecular weight excluding hydrogens is 380 g/mol. The summed E-state index contributed by atoms with van der Waals surface area (Å²) in [5.41, 5.74) is 2.92. The van der Waals surface area contributed by atoms with Crippen LogP contribution in [0, 0.1) is 24.0 Å². The number of aryl methyl sites for hydroxylation is 2. The molecule has 0 saturated carbocycles. The standard InChI is InChI=1S/C19H18N4O4S/c1-10-15-17(20-11(2)21-18(15)28-16(10)19(24)27-3)22-7-6-12-4-5-14(23(25)26)8-13(12)9-22/h4-5,8H,6-7,9H2,1-3H3. The number of aromatic nitrogens is 2. The number of hydrogen-bond donors (Lipinski definition) is 0. The molecule has 8 nitrogen and oxygen atoms in total. The Bertz CT molecular complexity index is 1120. The number of carbonyl (C=O) groups excluding carboxylic acids is 1. The van der Waals surface area contributed by atoms with Crippen molar-refractivity contribution >= 4 is 39.0 Å². The summed E-state index contributed by atoms with van der Waals surface area (Å²) in [6, 6.07) is 5.01. The van der Waals surface area contributed by atoms with Gasteiger partial charge < -0.3 is 9.64 Å². The molecule has 0 bridgehead atoms. The van der Waals surface area contributed by atoms with E-state index in [-0.39, 0.29) is 16.6 Å². The van der Waals surface area contributed by atoms with Crippen molar-refractivity contribution in [1.82, 2.24) is 9.97 Å². The van der Waals surface area contributed by atoms with Crippen molar-refractivity contribution < 1.29 is 14.5 Å². The predicted molar refractivity (Wildman–Crippen MR) is 106 cm³/mol. The zero-order valence-corrected chi connectivity index (χ0v) is 16.5. The molecule has 1 aromatic carbocycles. The SMILES string of the molecule is COC(=O)c1sc2nc(C)nc(N3CCc4ccc([N+](=O)[O-])cc4C3)c2c1C. The number of rotatable bonds is 3. The van der Waals surface area contributed by atoms with E-state index in [2.05, 4.69) is 14.9 Å². The van der Waals surface area contributed by atoms with E-state index in [0.29, 0.717) is 17.2 Å². The Morgan fingerprint density at radius 3 is 2.79 bits per heavy atom. The first kappa shape index (κ1) is 18.3. The molecule has 144 valence electrons. The van der Waals surface area contributed by atoms with Crippen molar-refractivity contribution in [2.75, 3.05) is 18.6 Å². The van der Waals surface area contributed by atoms with Gasteiger partial charge in [0.2, 0.25) is 0 Å². The highest BCUT2D eigenvalue weighted by Crippen LogP contribution is 2.37. The molecule has 4 rings (SSSR count). The van der Waals surface area contributed by atoms with Crippen molar-refractivity contribution in [2.24, 2.45) is 0 Å². The molecule has 0 fully saturated rings. The Morgan fingerprint density at radius 2 is 2.07 bits per heavy atom. The highest BCUT2D eigenvalue weighted by atomic mass is 32.1. The number of anilines is 1. The molecule has 3 heterocycles. The number of esters is 1. The summed E-state index contributed by atoms with van der Waals surface area (Å²) in [5, 5.41) is 12.0. The van der Waals surface area contributed by atoms with Crippen LogP contribution in [0.25, 0.3) is 10.2 Å². The second-order valence-corrected chi connectivity index (χ2v) is 7.70. The molecule has 9 heteroatoms. The van der Waals surface area contributed by atoms with Crippen LogP contribution in [0.4, 0.5) is 11.5 Å². The second kappa shape index (κ2) is 6.83. The number of methoxy groups -OCH3 is 1. The fraction of sp³-hybridized carbons (Fsp3) is 0.316. The van der Waals surface area contributed by atoms with Crippen molar-refractivity contribution in [1.29, 1.82) is 0 Å². The first-order valence-corrected chi connectivity index (χ1v) is 9.58.